The Bertz CT molecular complexity index is 1200. The smallest absolute Gasteiger partial charge is 0.331 e. The van der Waals surface area contributed by atoms with Crippen molar-refractivity contribution in [2.45, 2.75) is 106 Å². The highest BCUT2D eigenvalue weighted by Gasteiger charge is 2.72. The molecular formula is C32H44O8. The zero-order chi connectivity index (χ0) is 29.4. The van der Waals surface area contributed by atoms with E-state index in [2.05, 4.69) is 40.7 Å². The Morgan fingerprint density at radius 2 is 1.45 bits per heavy atom. The average molecular weight is 557 g/mol. The topological polar surface area (TPSA) is 105 Å². The summed E-state index contributed by atoms with van der Waals surface area (Å²) < 4.78 is 23.5. The van der Waals surface area contributed by atoms with E-state index in [9.17, 15) is 19.2 Å². The number of allylic oxidation sites excluding steroid dienone is 1. The van der Waals surface area contributed by atoms with Crippen LogP contribution in [0.1, 0.15) is 87.5 Å². The first-order chi connectivity index (χ1) is 18.6. The lowest BCUT2D eigenvalue weighted by Gasteiger charge is -2.69. The summed E-state index contributed by atoms with van der Waals surface area (Å²) in [6, 6.07) is 0. The van der Waals surface area contributed by atoms with Crippen LogP contribution in [-0.2, 0) is 38.1 Å². The van der Waals surface area contributed by atoms with Crippen LogP contribution in [0, 0.1) is 39.4 Å². The SMILES string of the molecule is CC(=O)O[C@H]1C[C@@H](OC(C)=O)C(C)(C)[C@@H]2C[C@@H](OC(C)=O)[C@@]3(C)C4=CC[C@@H](C5=CC(=O)OC5)[C@]4(C)CC[C@@H]3[C@@]12C. The van der Waals surface area contributed by atoms with E-state index in [0.717, 1.165) is 24.8 Å². The van der Waals surface area contributed by atoms with Crippen LogP contribution < -0.4 is 0 Å². The first-order valence-corrected chi connectivity index (χ1v) is 14.7. The minimum Gasteiger partial charge on any atom is -0.462 e. The predicted molar refractivity (Wildman–Crippen MR) is 145 cm³/mol. The number of hydrogen-bond acceptors (Lipinski definition) is 8. The fourth-order valence-electron chi connectivity index (χ4n) is 10.1. The van der Waals surface area contributed by atoms with Crippen molar-refractivity contribution in [1.82, 2.24) is 0 Å². The normalized spacial score (nSPS) is 43.2. The lowest BCUT2D eigenvalue weighted by Crippen LogP contribution is -2.70. The van der Waals surface area contributed by atoms with E-state index in [1.165, 1.54) is 26.3 Å². The molecule has 9 atom stereocenters. The fourth-order valence-corrected chi connectivity index (χ4v) is 10.1. The van der Waals surface area contributed by atoms with E-state index < -0.39 is 34.6 Å². The van der Waals surface area contributed by atoms with E-state index >= 15 is 0 Å². The van der Waals surface area contributed by atoms with Crippen LogP contribution in [0.25, 0.3) is 0 Å². The molecule has 8 nitrogen and oxygen atoms in total. The molecule has 0 aromatic heterocycles. The molecule has 0 N–H and O–H groups in total. The van der Waals surface area contributed by atoms with E-state index in [4.69, 9.17) is 18.9 Å². The Morgan fingerprint density at radius 3 is 2.02 bits per heavy atom. The number of cyclic esters (lactones) is 1. The van der Waals surface area contributed by atoms with E-state index in [1.807, 2.05) is 0 Å². The molecule has 0 bridgehead atoms. The van der Waals surface area contributed by atoms with Gasteiger partial charge in [0.1, 0.15) is 24.9 Å². The molecule has 8 heteroatoms. The minimum atomic E-state index is -0.508. The van der Waals surface area contributed by atoms with Crippen molar-refractivity contribution in [3.05, 3.63) is 23.3 Å². The van der Waals surface area contributed by atoms with Crippen molar-refractivity contribution in [3.8, 4) is 0 Å². The average Bonchev–Trinajstić information content (AvgIpc) is 3.41. The zero-order valence-electron chi connectivity index (χ0n) is 25.1. The third-order valence-corrected chi connectivity index (χ3v) is 11.7. The minimum absolute atomic E-state index is 0.0403. The van der Waals surface area contributed by atoms with Crippen molar-refractivity contribution < 1.29 is 38.1 Å². The molecule has 0 saturated heterocycles. The molecule has 3 fully saturated rings. The molecule has 220 valence electrons. The molecule has 1 aliphatic heterocycles. The molecule has 0 amide bonds. The molecule has 1 heterocycles. The Labute approximate surface area is 237 Å². The van der Waals surface area contributed by atoms with Gasteiger partial charge in [0.15, 0.2) is 0 Å². The number of ether oxygens (including phenoxy) is 4. The number of esters is 4. The van der Waals surface area contributed by atoms with Crippen molar-refractivity contribution in [2.24, 2.45) is 39.4 Å². The van der Waals surface area contributed by atoms with Crippen LogP contribution in [0.15, 0.2) is 23.3 Å². The van der Waals surface area contributed by atoms with Crippen LogP contribution in [-0.4, -0.2) is 48.8 Å². The molecule has 0 aromatic carbocycles. The second-order valence-electron chi connectivity index (χ2n) is 14.0. The highest BCUT2D eigenvalue weighted by atomic mass is 16.6. The van der Waals surface area contributed by atoms with Crippen molar-refractivity contribution >= 4 is 23.9 Å². The summed E-state index contributed by atoms with van der Waals surface area (Å²) in [6.45, 7) is 15.6. The summed E-state index contributed by atoms with van der Waals surface area (Å²) in [7, 11) is 0. The van der Waals surface area contributed by atoms with Crippen LogP contribution in [0.3, 0.4) is 0 Å². The molecule has 0 radical (unpaired) electrons. The van der Waals surface area contributed by atoms with Gasteiger partial charge in [-0.1, -0.05) is 46.3 Å². The number of carbonyl (C=O) groups excluding carboxylic acids is 4. The van der Waals surface area contributed by atoms with Gasteiger partial charge >= 0.3 is 23.9 Å². The van der Waals surface area contributed by atoms with E-state index in [-0.39, 0.29) is 47.0 Å². The van der Waals surface area contributed by atoms with Gasteiger partial charge in [0.25, 0.3) is 0 Å². The molecule has 0 unspecified atom stereocenters. The lowest BCUT2D eigenvalue weighted by atomic mass is 9.36. The summed E-state index contributed by atoms with van der Waals surface area (Å²) in [6.07, 6.45) is 6.20. The fraction of sp³-hybridized carbons (Fsp3) is 0.750. The first kappa shape index (κ1) is 28.9. The van der Waals surface area contributed by atoms with Gasteiger partial charge in [0.2, 0.25) is 0 Å². The second kappa shape index (κ2) is 9.45. The largest absolute Gasteiger partial charge is 0.462 e. The van der Waals surface area contributed by atoms with Gasteiger partial charge < -0.3 is 18.9 Å². The third-order valence-electron chi connectivity index (χ3n) is 11.7. The first-order valence-electron chi connectivity index (χ1n) is 14.7. The van der Waals surface area contributed by atoms with Gasteiger partial charge in [-0.25, -0.2) is 4.79 Å². The molecule has 40 heavy (non-hydrogen) atoms. The van der Waals surface area contributed by atoms with Crippen LogP contribution in [0.5, 0.6) is 0 Å². The van der Waals surface area contributed by atoms with Gasteiger partial charge in [0, 0.05) is 49.5 Å². The quantitative estimate of drug-likeness (QED) is 0.268. The predicted octanol–water partition coefficient (Wildman–Crippen LogP) is 5.09. The van der Waals surface area contributed by atoms with Gasteiger partial charge in [0.05, 0.1) is 0 Å². The second-order valence-corrected chi connectivity index (χ2v) is 14.0. The summed E-state index contributed by atoms with van der Waals surface area (Å²) >= 11 is 0. The summed E-state index contributed by atoms with van der Waals surface area (Å²) in [5.74, 6) is -1.18. The number of carbonyl (C=O) groups is 4. The Hall–Kier alpha value is -2.64. The molecule has 5 rings (SSSR count). The van der Waals surface area contributed by atoms with Gasteiger partial charge in [-0.3, -0.25) is 14.4 Å². The monoisotopic (exact) mass is 556 g/mol. The maximum atomic E-state index is 12.6. The van der Waals surface area contributed by atoms with Gasteiger partial charge in [-0.15, -0.1) is 0 Å². The van der Waals surface area contributed by atoms with Crippen molar-refractivity contribution in [3.63, 3.8) is 0 Å². The van der Waals surface area contributed by atoms with Crippen LogP contribution in [0.2, 0.25) is 0 Å². The molecule has 0 aromatic rings. The van der Waals surface area contributed by atoms with E-state index in [1.54, 1.807) is 6.08 Å². The summed E-state index contributed by atoms with van der Waals surface area (Å²) in [5.41, 5.74) is 0.679. The highest BCUT2D eigenvalue weighted by molar-refractivity contribution is 5.85. The molecular weight excluding hydrogens is 512 g/mol. The lowest BCUT2D eigenvalue weighted by molar-refractivity contribution is -0.261. The number of rotatable bonds is 4. The van der Waals surface area contributed by atoms with Gasteiger partial charge in [-0.2, -0.15) is 0 Å². The zero-order valence-corrected chi connectivity index (χ0v) is 25.1. The molecule has 0 spiro atoms. The Balaban J connectivity index is 1.64. The van der Waals surface area contributed by atoms with Crippen molar-refractivity contribution in [2.75, 3.05) is 6.61 Å². The molecule has 3 saturated carbocycles. The number of hydrogen-bond donors (Lipinski definition) is 0. The maximum absolute atomic E-state index is 12.6. The maximum Gasteiger partial charge on any atom is 0.331 e. The molecule has 4 aliphatic carbocycles. The standard InChI is InChI=1S/C32H44O8/c1-17(33)38-25-15-27(40-19(3)35)32(8)23-11-12-30(6)21(20-13-28(36)37-16-20)9-10-22(30)31(23,7)26(39-18(2)34)14-24(32)29(25,4)5/h10,13,21,23-27H,9,11-12,14-16H2,1-8H3/t21-,23-,24-,25+,26+,27-,30-,31-,32+/m0/s1. The summed E-state index contributed by atoms with van der Waals surface area (Å²) in [4.78, 5) is 49.2. The van der Waals surface area contributed by atoms with Crippen LogP contribution >= 0.6 is 0 Å². The van der Waals surface area contributed by atoms with Crippen LogP contribution in [0.4, 0.5) is 0 Å². The van der Waals surface area contributed by atoms with E-state index in [0.29, 0.717) is 19.4 Å². The summed E-state index contributed by atoms with van der Waals surface area (Å²) in [5, 5.41) is 0. The Morgan fingerprint density at radius 1 is 0.850 bits per heavy atom. The highest BCUT2D eigenvalue weighted by Crippen LogP contribution is 2.74. The third kappa shape index (κ3) is 4.06. The molecule has 5 aliphatic rings. The van der Waals surface area contributed by atoms with Gasteiger partial charge in [-0.05, 0) is 54.4 Å². The Kier molecular flexibility index (Phi) is 6.82. The number of fused-ring (bicyclic) bond motifs is 5. The van der Waals surface area contributed by atoms with Crippen molar-refractivity contribution in [1.29, 1.82) is 0 Å².